The first-order chi connectivity index (χ1) is 12.0. The Balaban J connectivity index is 1.53. The summed E-state index contributed by atoms with van der Waals surface area (Å²) in [5.41, 5.74) is 0.843. The summed E-state index contributed by atoms with van der Waals surface area (Å²) < 4.78 is 12.9. The van der Waals surface area contributed by atoms with Gasteiger partial charge in [-0.3, -0.25) is 9.69 Å². The molecule has 0 saturated carbocycles. The van der Waals surface area contributed by atoms with Gasteiger partial charge < -0.3 is 5.32 Å². The summed E-state index contributed by atoms with van der Waals surface area (Å²) in [6, 6.07) is 6.07. The molecule has 1 aliphatic rings. The molecule has 1 aliphatic heterocycles. The van der Waals surface area contributed by atoms with Gasteiger partial charge in [-0.15, -0.1) is 10.2 Å². The minimum Gasteiger partial charge on any atom is -0.346 e. The van der Waals surface area contributed by atoms with Crippen molar-refractivity contribution in [3.8, 4) is 0 Å². The highest BCUT2D eigenvalue weighted by molar-refractivity contribution is 7.13. The number of carbonyl (C=O) groups is 1. The molecular formula is C18H23FN4OS. The van der Waals surface area contributed by atoms with Crippen LogP contribution in [0, 0.1) is 17.7 Å². The zero-order valence-electron chi connectivity index (χ0n) is 14.5. The predicted molar refractivity (Wildman–Crippen MR) is 95.7 cm³/mol. The van der Waals surface area contributed by atoms with E-state index in [0.29, 0.717) is 23.4 Å². The molecule has 3 rings (SSSR count). The van der Waals surface area contributed by atoms with E-state index in [2.05, 4.69) is 34.3 Å². The molecule has 25 heavy (non-hydrogen) atoms. The highest BCUT2D eigenvalue weighted by atomic mass is 32.1. The molecule has 0 radical (unpaired) electrons. The molecule has 2 atom stereocenters. The molecule has 0 aliphatic carbocycles. The van der Waals surface area contributed by atoms with Crippen molar-refractivity contribution in [2.24, 2.45) is 11.8 Å². The standard InChI is InChI=1S/C18H23FN4OS/c1-12-7-13(2)10-23(9-12)11-16-21-22-18(25-16)17(24)20-8-14-3-5-15(19)6-4-14/h3-6,12-13H,7-11H2,1-2H3,(H,20,24)/t12-,13+. The Morgan fingerprint density at radius 1 is 1.24 bits per heavy atom. The molecule has 0 spiro atoms. The average molecular weight is 362 g/mol. The van der Waals surface area contributed by atoms with Gasteiger partial charge in [-0.05, 0) is 36.0 Å². The number of nitrogens with zero attached hydrogens (tertiary/aromatic N) is 3. The SMILES string of the molecule is C[C@@H]1C[C@H](C)CN(Cc2nnc(C(=O)NCc3ccc(F)cc3)s2)C1. The fraction of sp³-hybridized carbons (Fsp3) is 0.500. The predicted octanol–water partition coefficient (Wildman–Crippen LogP) is 3.09. The molecule has 7 heteroatoms. The van der Waals surface area contributed by atoms with Crippen LogP contribution in [0.1, 0.15) is 40.6 Å². The van der Waals surface area contributed by atoms with Crippen molar-refractivity contribution in [3.05, 3.63) is 45.7 Å². The van der Waals surface area contributed by atoms with Gasteiger partial charge in [0.1, 0.15) is 10.8 Å². The third kappa shape index (κ3) is 5.06. The highest BCUT2D eigenvalue weighted by Gasteiger charge is 2.23. The summed E-state index contributed by atoms with van der Waals surface area (Å²) in [7, 11) is 0. The van der Waals surface area contributed by atoms with Crippen molar-refractivity contribution in [1.29, 1.82) is 0 Å². The lowest BCUT2D eigenvalue weighted by atomic mass is 9.92. The molecular weight excluding hydrogens is 339 g/mol. The number of amides is 1. The third-order valence-electron chi connectivity index (χ3n) is 4.33. The molecule has 2 heterocycles. The Morgan fingerprint density at radius 2 is 1.92 bits per heavy atom. The first-order valence-electron chi connectivity index (χ1n) is 8.57. The van der Waals surface area contributed by atoms with Crippen molar-refractivity contribution in [2.75, 3.05) is 13.1 Å². The molecule has 1 aromatic heterocycles. The summed E-state index contributed by atoms with van der Waals surface area (Å²) >= 11 is 1.34. The Bertz CT molecular complexity index is 708. The van der Waals surface area contributed by atoms with Crippen molar-refractivity contribution in [3.63, 3.8) is 0 Å². The van der Waals surface area contributed by atoms with E-state index >= 15 is 0 Å². The number of carbonyl (C=O) groups excluding carboxylic acids is 1. The summed E-state index contributed by atoms with van der Waals surface area (Å²) in [5, 5.41) is 12.2. The second kappa shape index (κ2) is 8.01. The van der Waals surface area contributed by atoms with Crippen LogP contribution < -0.4 is 5.32 Å². The van der Waals surface area contributed by atoms with Crippen molar-refractivity contribution >= 4 is 17.2 Å². The number of hydrogen-bond acceptors (Lipinski definition) is 5. The quantitative estimate of drug-likeness (QED) is 0.888. The summed E-state index contributed by atoms with van der Waals surface area (Å²) in [4.78, 5) is 14.6. The highest BCUT2D eigenvalue weighted by Crippen LogP contribution is 2.23. The van der Waals surface area contributed by atoms with Crippen molar-refractivity contribution in [1.82, 2.24) is 20.4 Å². The van der Waals surface area contributed by atoms with E-state index in [0.717, 1.165) is 30.2 Å². The first-order valence-corrected chi connectivity index (χ1v) is 9.38. The molecule has 5 nitrogen and oxygen atoms in total. The van der Waals surface area contributed by atoms with E-state index in [1.54, 1.807) is 12.1 Å². The van der Waals surface area contributed by atoms with Crippen molar-refractivity contribution in [2.45, 2.75) is 33.4 Å². The molecule has 0 unspecified atom stereocenters. The average Bonchev–Trinajstić information content (AvgIpc) is 3.01. The van der Waals surface area contributed by atoms with Crippen LogP contribution >= 0.6 is 11.3 Å². The minimum absolute atomic E-state index is 0.242. The Hall–Kier alpha value is -1.86. The molecule has 0 bridgehead atoms. The number of piperidine rings is 1. The Kier molecular flexibility index (Phi) is 5.75. The lowest BCUT2D eigenvalue weighted by Gasteiger charge is -2.34. The zero-order chi connectivity index (χ0) is 17.8. The van der Waals surface area contributed by atoms with Crippen LogP contribution in [0.4, 0.5) is 4.39 Å². The lowest BCUT2D eigenvalue weighted by Crippen LogP contribution is -2.38. The monoisotopic (exact) mass is 362 g/mol. The third-order valence-corrected chi connectivity index (χ3v) is 5.24. The fourth-order valence-electron chi connectivity index (χ4n) is 3.38. The number of nitrogens with one attached hydrogen (secondary N) is 1. The van der Waals surface area contributed by atoms with Gasteiger partial charge in [0.05, 0.1) is 6.54 Å². The second-order valence-electron chi connectivity index (χ2n) is 6.95. The Labute approximate surface area is 151 Å². The maximum atomic E-state index is 12.9. The van der Waals surface area contributed by atoms with Gasteiger partial charge in [-0.25, -0.2) is 4.39 Å². The number of halogens is 1. The van der Waals surface area contributed by atoms with Crippen LogP contribution in [0.25, 0.3) is 0 Å². The normalized spacial score (nSPS) is 21.2. The maximum Gasteiger partial charge on any atom is 0.282 e. The van der Waals surface area contributed by atoms with Gasteiger partial charge in [0.2, 0.25) is 5.01 Å². The van der Waals surface area contributed by atoms with Gasteiger partial charge in [0, 0.05) is 19.6 Å². The Morgan fingerprint density at radius 3 is 2.60 bits per heavy atom. The molecule has 1 aromatic carbocycles. The topological polar surface area (TPSA) is 58.1 Å². The van der Waals surface area contributed by atoms with Gasteiger partial charge in [-0.1, -0.05) is 37.3 Å². The van der Waals surface area contributed by atoms with Crippen LogP contribution in [0.3, 0.4) is 0 Å². The summed E-state index contributed by atoms with van der Waals surface area (Å²) in [5.74, 6) is 0.851. The van der Waals surface area contributed by atoms with Gasteiger partial charge in [0.15, 0.2) is 0 Å². The molecule has 1 amide bonds. The molecule has 134 valence electrons. The van der Waals surface area contributed by atoms with E-state index in [9.17, 15) is 9.18 Å². The number of likely N-dealkylation sites (tertiary alicyclic amines) is 1. The van der Waals surface area contributed by atoms with Gasteiger partial charge in [0.25, 0.3) is 5.91 Å². The molecule has 2 aromatic rings. The minimum atomic E-state index is -0.287. The number of aromatic nitrogens is 2. The maximum absolute atomic E-state index is 12.9. The number of hydrogen-bond donors (Lipinski definition) is 1. The zero-order valence-corrected chi connectivity index (χ0v) is 15.4. The van der Waals surface area contributed by atoms with E-state index in [4.69, 9.17) is 0 Å². The number of rotatable bonds is 5. The lowest BCUT2D eigenvalue weighted by molar-refractivity contribution is 0.0950. The van der Waals surface area contributed by atoms with Crippen molar-refractivity contribution < 1.29 is 9.18 Å². The van der Waals surface area contributed by atoms with Crippen LogP contribution in [0.15, 0.2) is 24.3 Å². The largest absolute Gasteiger partial charge is 0.346 e. The fourth-order valence-corrected chi connectivity index (χ4v) is 4.18. The molecule has 1 N–H and O–H groups in total. The number of benzene rings is 1. The second-order valence-corrected chi connectivity index (χ2v) is 8.01. The van der Waals surface area contributed by atoms with Crippen LogP contribution in [-0.4, -0.2) is 34.1 Å². The summed E-state index contributed by atoms with van der Waals surface area (Å²) in [6.45, 7) is 7.77. The first kappa shape index (κ1) is 17.9. The smallest absolute Gasteiger partial charge is 0.282 e. The van der Waals surface area contributed by atoms with Gasteiger partial charge >= 0.3 is 0 Å². The van der Waals surface area contributed by atoms with Crippen LogP contribution in [0.2, 0.25) is 0 Å². The van der Waals surface area contributed by atoms with Crippen LogP contribution in [-0.2, 0) is 13.1 Å². The van der Waals surface area contributed by atoms with Crippen LogP contribution in [0.5, 0.6) is 0 Å². The van der Waals surface area contributed by atoms with E-state index in [-0.39, 0.29) is 11.7 Å². The van der Waals surface area contributed by atoms with Gasteiger partial charge in [-0.2, -0.15) is 0 Å². The van der Waals surface area contributed by atoms with E-state index in [1.165, 1.54) is 29.9 Å². The summed E-state index contributed by atoms with van der Waals surface area (Å²) in [6.07, 6.45) is 1.27. The van der Waals surface area contributed by atoms with E-state index in [1.807, 2.05) is 0 Å². The molecule has 1 saturated heterocycles. The van der Waals surface area contributed by atoms with E-state index < -0.39 is 0 Å². The molecule has 1 fully saturated rings.